The molecule has 0 aliphatic carbocycles. The minimum absolute atomic E-state index is 0.0968. The number of aromatic nitrogens is 1. The number of halogens is 1. The van der Waals surface area contributed by atoms with E-state index in [-0.39, 0.29) is 4.21 Å². The predicted octanol–water partition coefficient (Wildman–Crippen LogP) is 3.52. The number of thiazole rings is 1. The molecule has 1 saturated heterocycles. The first kappa shape index (κ1) is 17.7. The van der Waals surface area contributed by atoms with Crippen LogP contribution in [0.15, 0.2) is 28.5 Å². The molecule has 1 aliphatic heterocycles. The van der Waals surface area contributed by atoms with Crippen LogP contribution in [0.4, 0.5) is 0 Å². The quantitative estimate of drug-likeness (QED) is 0.711. The number of ether oxygens (including phenoxy) is 1. The predicted molar refractivity (Wildman–Crippen MR) is 96.5 cm³/mol. The normalized spacial score (nSPS) is 15.8. The summed E-state index contributed by atoms with van der Waals surface area (Å²) in [6.45, 7) is 5.51. The molecule has 1 aliphatic rings. The van der Waals surface area contributed by atoms with Crippen LogP contribution < -0.4 is 4.74 Å². The van der Waals surface area contributed by atoms with Crippen LogP contribution >= 0.6 is 22.0 Å². The van der Waals surface area contributed by atoms with E-state index >= 15 is 0 Å². The zero-order valence-electron chi connectivity index (χ0n) is 13.4. The molecule has 0 N–H and O–H groups in total. The largest absolute Gasteiger partial charge is 0.492 e. The molecule has 0 saturated carbocycles. The molecule has 1 aromatic carbocycles. The summed E-state index contributed by atoms with van der Waals surface area (Å²) >= 11 is 1.08. The maximum absolute atomic E-state index is 11.5. The molecule has 0 bridgehead atoms. The van der Waals surface area contributed by atoms with E-state index in [9.17, 15) is 8.42 Å². The maximum Gasteiger partial charge on any atom is 0.272 e. The van der Waals surface area contributed by atoms with Gasteiger partial charge in [0.1, 0.15) is 17.4 Å². The second-order valence-electron chi connectivity index (χ2n) is 5.75. The average Bonchev–Trinajstić information content (AvgIpc) is 3.16. The summed E-state index contributed by atoms with van der Waals surface area (Å²) in [6.07, 6.45) is 2.54. The zero-order valence-corrected chi connectivity index (χ0v) is 15.8. The molecular formula is C16H19ClN2O3S2. The Morgan fingerprint density at radius 2 is 2.08 bits per heavy atom. The van der Waals surface area contributed by atoms with E-state index in [2.05, 4.69) is 9.88 Å². The fraction of sp³-hybridized carbons (Fsp3) is 0.438. The van der Waals surface area contributed by atoms with Crippen LogP contribution in [0.1, 0.15) is 18.5 Å². The standard InChI is InChI=1S/C16H19ClN2O3S2/c1-12-16(24(17,20)21)23-15(18-12)13-5-4-6-14(11-13)22-10-9-19-7-2-3-8-19/h4-6,11H,2-3,7-10H2,1H3. The molecule has 0 spiro atoms. The molecule has 0 unspecified atom stereocenters. The third kappa shape index (κ3) is 4.27. The lowest BCUT2D eigenvalue weighted by molar-refractivity contribution is 0.238. The second kappa shape index (κ2) is 7.39. The van der Waals surface area contributed by atoms with E-state index in [4.69, 9.17) is 15.4 Å². The average molecular weight is 387 g/mol. The minimum Gasteiger partial charge on any atom is -0.492 e. The Hall–Kier alpha value is -1.15. The van der Waals surface area contributed by atoms with Crippen molar-refractivity contribution in [3.05, 3.63) is 30.0 Å². The van der Waals surface area contributed by atoms with Gasteiger partial charge in [-0.15, -0.1) is 11.3 Å². The Morgan fingerprint density at radius 3 is 2.75 bits per heavy atom. The van der Waals surface area contributed by atoms with Gasteiger partial charge in [-0.25, -0.2) is 13.4 Å². The van der Waals surface area contributed by atoms with Crippen LogP contribution in [-0.2, 0) is 9.05 Å². The summed E-state index contributed by atoms with van der Waals surface area (Å²) in [7, 11) is 1.68. The van der Waals surface area contributed by atoms with Crippen molar-refractivity contribution in [2.45, 2.75) is 24.0 Å². The molecular weight excluding hydrogens is 368 g/mol. The summed E-state index contributed by atoms with van der Waals surface area (Å²) in [6, 6.07) is 7.54. The maximum atomic E-state index is 11.5. The lowest BCUT2D eigenvalue weighted by Crippen LogP contribution is -2.25. The third-order valence-electron chi connectivity index (χ3n) is 3.93. The highest BCUT2D eigenvalue weighted by atomic mass is 35.7. The highest BCUT2D eigenvalue weighted by Crippen LogP contribution is 2.34. The van der Waals surface area contributed by atoms with E-state index in [0.29, 0.717) is 17.3 Å². The number of benzene rings is 1. The summed E-state index contributed by atoms with van der Waals surface area (Å²) in [5, 5.41) is 0.622. The van der Waals surface area contributed by atoms with Crippen molar-refractivity contribution in [3.8, 4) is 16.3 Å². The summed E-state index contributed by atoms with van der Waals surface area (Å²) in [5.41, 5.74) is 1.25. The van der Waals surface area contributed by atoms with Gasteiger partial charge in [0, 0.05) is 22.8 Å². The van der Waals surface area contributed by atoms with E-state index < -0.39 is 9.05 Å². The first-order chi connectivity index (χ1) is 11.4. The van der Waals surface area contributed by atoms with Gasteiger partial charge < -0.3 is 4.74 Å². The fourth-order valence-electron chi connectivity index (χ4n) is 2.75. The Bertz CT molecular complexity index is 814. The number of rotatable bonds is 6. The molecule has 3 rings (SSSR count). The van der Waals surface area contributed by atoms with Crippen molar-refractivity contribution >= 4 is 31.1 Å². The van der Waals surface area contributed by atoms with Crippen LogP contribution in [0.25, 0.3) is 10.6 Å². The molecule has 130 valence electrons. The summed E-state index contributed by atoms with van der Waals surface area (Å²) in [5.74, 6) is 0.759. The number of aryl methyl sites for hydroxylation is 1. The Morgan fingerprint density at radius 1 is 1.33 bits per heavy atom. The molecule has 0 radical (unpaired) electrons. The first-order valence-electron chi connectivity index (χ1n) is 7.81. The lowest BCUT2D eigenvalue weighted by atomic mass is 10.2. The van der Waals surface area contributed by atoms with Gasteiger partial charge in [-0.3, -0.25) is 4.90 Å². The fourth-order valence-corrected chi connectivity index (χ4v) is 5.20. The van der Waals surface area contributed by atoms with E-state index in [1.165, 1.54) is 12.8 Å². The van der Waals surface area contributed by atoms with Crippen molar-refractivity contribution in [1.82, 2.24) is 9.88 Å². The van der Waals surface area contributed by atoms with Gasteiger partial charge in [-0.05, 0) is 45.0 Å². The van der Waals surface area contributed by atoms with Crippen LogP contribution in [0.2, 0.25) is 0 Å². The molecule has 8 heteroatoms. The SMILES string of the molecule is Cc1nc(-c2cccc(OCCN3CCCC3)c2)sc1S(=O)(=O)Cl. The van der Waals surface area contributed by atoms with Crippen LogP contribution in [0.5, 0.6) is 5.75 Å². The van der Waals surface area contributed by atoms with Crippen molar-refractivity contribution in [2.24, 2.45) is 0 Å². The third-order valence-corrected chi connectivity index (χ3v) is 7.32. The Labute approximate surface area is 150 Å². The Balaban J connectivity index is 1.71. The second-order valence-corrected chi connectivity index (χ2v) is 9.52. The number of nitrogens with zero attached hydrogens (tertiary/aromatic N) is 2. The van der Waals surface area contributed by atoms with Gasteiger partial charge in [0.15, 0.2) is 4.21 Å². The van der Waals surface area contributed by atoms with Crippen LogP contribution in [0.3, 0.4) is 0 Å². The van der Waals surface area contributed by atoms with Gasteiger partial charge in [-0.1, -0.05) is 12.1 Å². The van der Waals surface area contributed by atoms with Crippen LogP contribution in [-0.4, -0.2) is 44.5 Å². The lowest BCUT2D eigenvalue weighted by Gasteiger charge is -2.15. The van der Waals surface area contributed by atoms with E-state index in [0.717, 1.165) is 42.3 Å². The highest BCUT2D eigenvalue weighted by Gasteiger charge is 2.20. The summed E-state index contributed by atoms with van der Waals surface area (Å²) < 4.78 is 29.0. The van der Waals surface area contributed by atoms with Gasteiger partial charge in [-0.2, -0.15) is 0 Å². The zero-order chi connectivity index (χ0) is 17.2. The first-order valence-corrected chi connectivity index (χ1v) is 10.9. The molecule has 24 heavy (non-hydrogen) atoms. The molecule has 1 aromatic heterocycles. The van der Waals surface area contributed by atoms with Crippen molar-refractivity contribution in [3.63, 3.8) is 0 Å². The summed E-state index contributed by atoms with van der Waals surface area (Å²) in [4.78, 5) is 6.72. The Kier molecular flexibility index (Phi) is 5.44. The number of hydrogen-bond acceptors (Lipinski definition) is 6. The monoisotopic (exact) mass is 386 g/mol. The highest BCUT2D eigenvalue weighted by molar-refractivity contribution is 8.15. The van der Waals surface area contributed by atoms with Crippen molar-refractivity contribution in [1.29, 1.82) is 0 Å². The molecule has 5 nitrogen and oxygen atoms in total. The molecule has 2 heterocycles. The molecule has 2 aromatic rings. The van der Waals surface area contributed by atoms with Gasteiger partial charge in [0.2, 0.25) is 0 Å². The molecule has 1 fully saturated rings. The van der Waals surface area contributed by atoms with Gasteiger partial charge in [0.05, 0.1) is 5.69 Å². The van der Waals surface area contributed by atoms with E-state index in [1.807, 2.05) is 24.3 Å². The molecule has 0 atom stereocenters. The van der Waals surface area contributed by atoms with Gasteiger partial charge >= 0.3 is 0 Å². The topological polar surface area (TPSA) is 59.5 Å². The molecule has 0 amide bonds. The van der Waals surface area contributed by atoms with E-state index in [1.54, 1.807) is 6.92 Å². The van der Waals surface area contributed by atoms with Crippen molar-refractivity contribution in [2.75, 3.05) is 26.2 Å². The van der Waals surface area contributed by atoms with Crippen LogP contribution in [0, 0.1) is 6.92 Å². The smallest absolute Gasteiger partial charge is 0.272 e. The number of hydrogen-bond donors (Lipinski definition) is 0. The number of likely N-dealkylation sites (tertiary alicyclic amines) is 1. The van der Waals surface area contributed by atoms with Crippen molar-refractivity contribution < 1.29 is 13.2 Å². The minimum atomic E-state index is -3.76. The van der Waals surface area contributed by atoms with Gasteiger partial charge in [0.25, 0.3) is 9.05 Å².